The average Bonchev–Trinajstić information content (AvgIpc) is 2.86. The summed E-state index contributed by atoms with van der Waals surface area (Å²) >= 11 is 0. The third kappa shape index (κ3) is 3.66. The Kier molecular flexibility index (Phi) is 4.45. The van der Waals surface area contributed by atoms with Crippen molar-refractivity contribution in [2.45, 2.75) is 17.7 Å². The van der Waals surface area contributed by atoms with Crippen LogP contribution in [0.15, 0.2) is 29.2 Å². The van der Waals surface area contributed by atoms with Gasteiger partial charge in [-0.1, -0.05) is 12.1 Å². The minimum Gasteiger partial charge on any atom is -0.404 e. The second kappa shape index (κ2) is 5.82. The molecular formula is C12H14F3NO4S. The Morgan fingerprint density at radius 1 is 1.33 bits per heavy atom. The Balaban J connectivity index is 2.33. The molecule has 1 aromatic carbocycles. The molecule has 1 fully saturated rings. The smallest absolute Gasteiger partial charge is 0.404 e. The number of halogens is 3. The number of hydrogen-bond acceptors (Lipinski definition) is 4. The molecule has 0 saturated carbocycles. The monoisotopic (exact) mass is 325 g/mol. The number of para-hydroxylation sites is 1. The van der Waals surface area contributed by atoms with E-state index < -0.39 is 27.0 Å². The second-order valence-electron chi connectivity index (χ2n) is 4.69. The van der Waals surface area contributed by atoms with Crippen LogP contribution >= 0.6 is 0 Å². The van der Waals surface area contributed by atoms with E-state index in [1.165, 1.54) is 12.1 Å². The van der Waals surface area contributed by atoms with E-state index in [1.807, 2.05) is 0 Å². The van der Waals surface area contributed by atoms with Crippen molar-refractivity contribution < 1.29 is 31.4 Å². The van der Waals surface area contributed by atoms with E-state index in [4.69, 9.17) is 5.11 Å². The molecule has 9 heteroatoms. The summed E-state index contributed by atoms with van der Waals surface area (Å²) in [6.45, 7) is 0.0832. The molecule has 0 radical (unpaired) electrons. The van der Waals surface area contributed by atoms with Crippen LogP contribution in [0, 0.1) is 5.92 Å². The molecule has 0 aromatic heterocycles. The number of rotatable bonds is 4. The largest absolute Gasteiger partial charge is 0.573 e. The van der Waals surface area contributed by atoms with Gasteiger partial charge in [0.05, 0.1) is 0 Å². The Bertz CT molecular complexity index is 603. The minimum atomic E-state index is -4.97. The lowest BCUT2D eigenvalue weighted by Crippen LogP contribution is -2.30. The van der Waals surface area contributed by atoms with Gasteiger partial charge in [0.1, 0.15) is 10.6 Å². The van der Waals surface area contributed by atoms with Gasteiger partial charge in [0.15, 0.2) is 0 Å². The van der Waals surface area contributed by atoms with Gasteiger partial charge in [0.25, 0.3) is 0 Å². The van der Waals surface area contributed by atoms with E-state index in [9.17, 15) is 21.6 Å². The van der Waals surface area contributed by atoms with Gasteiger partial charge in [0.2, 0.25) is 10.0 Å². The van der Waals surface area contributed by atoms with Crippen LogP contribution in [0.25, 0.3) is 0 Å². The Labute approximate surface area is 120 Å². The molecule has 5 nitrogen and oxygen atoms in total. The van der Waals surface area contributed by atoms with Gasteiger partial charge in [-0.3, -0.25) is 0 Å². The fourth-order valence-corrected chi connectivity index (χ4v) is 3.82. The normalized spacial score (nSPS) is 20.7. The van der Waals surface area contributed by atoms with Crippen molar-refractivity contribution in [1.82, 2.24) is 4.31 Å². The van der Waals surface area contributed by atoms with Gasteiger partial charge in [0, 0.05) is 19.7 Å². The number of alkyl halides is 3. The van der Waals surface area contributed by atoms with Crippen LogP contribution in [0.3, 0.4) is 0 Å². The molecule has 0 amide bonds. The predicted molar refractivity (Wildman–Crippen MR) is 67.1 cm³/mol. The molecule has 118 valence electrons. The first-order chi connectivity index (χ1) is 9.74. The molecule has 1 heterocycles. The summed E-state index contributed by atoms with van der Waals surface area (Å²) in [4.78, 5) is -0.527. The summed E-state index contributed by atoms with van der Waals surface area (Å²) in [5.74, 6) is -0.951. The van der Waals surface area contributed by atoms with Crippen LogP contribution in [-0.4, -0.2) is 43.9 Å². The third-order valence-corrected chi connectivity index (χ3v) is 5.10. The zero-order valence-electron chi connectivity index (χ0n) is 10.9. The minimum absolute atomic E-state index is 0.0825. The Morgan fingerprint density at radius 2 is 2.00 bits per heavy atom. The summed E-state index contributed by atoms with van der Waals surface area (Å²) in [5.41, 5.74) is 0. The van der Waals surface area contributed by atoms with Crippen molar-refractivity contribution in [3.63, 3.8) is 0 Å². The number of hydrogen-bond donors (Lipinski definition) is 1. The van der Waals surface area contributed by atoms with E-state index in [0.29, 0.717) is 6.42 Å². The second-order valence-corrected chi connectivity index (χ2v) is 6.60. The molecule has 21 heavy (non-hydrogen) atoms. The van der Waals surface area contributed by atoms with Crippen LogP contribution in [-0.2, 0) is 10.0 Å². The first kappa shape index (κ1) is 16.1. The fourth-order valence-electron chi connectivity index (χ4n) is 2.18. The van der Waals surface area contributed by atoms with Crippen molar-refractivity contribution in [3.8, 4) is 5.75 Å². The highest BCUT2D eigenvalue weighted by atomic mass is 32.2. The zero-order valence-corrected chi connectivity index (χ0v) is 11.7. The van der Waals surface area contributed by atoms with Gasteiger partial charge in [-0.25, -0.2) is 8.42 Å². The molecule has 2 rings (SSSR count). The molecule has 0 aliphatic carbocycles. The Morgan fingerprint density at radius 3 is 2.57 bits per heavy atom. The number of ether oxygens (including phenoxy) is 1. The fraction of sp³-hybridized carbons (Fsp3) is 0.500. The lowest BCUT2D eigenvalue weighted by molar-refractivity contribution is -0.275. The van der Waals surface area contributed by atoms with E-state index in [0.717, 1.165) is 16.4 Å². The quantitative estimate of drug-likeness (QED) is 0.913. The van der Waals surface area contributed by atoms with Gasteiger partial charge in [-0.15, -0.1) is 13.2 Å². The van der Waals surface area contributed by atoms with Crippen molar-refractivity contribution in [1.29, 1.82) is 0 Å². The molecule has 1 atom stereocenters. The molecule has 0 spiro atoms. The number of aliphatic hydroxyl groups is 1. The van der Waals surface area contributed by atoms with Crippen LogP contribution in [0.1, 0.15) is 6.42 Å². The van der Waals surface area contributed by atoms with Crippen LogP contribution < -0.4 is 4.74 Å². The highest BCUT2D eigenvalue weighted by Gasteiger charge is 2.37. The summed E-state index contributed by atoms with van der Waals surface area (Å²) < 4.78 is 66.7. The lowest BCUT2D eigenvalue weighted by atomic mass is 10.1. The van der Waals surface area contributed by atoms with Crippen molar-refractivity contribution in [2.24, 2.45) is 5.92 Å². The maximum Gasteiger partial charge on any atom is 0.573 e. The highest BCUT2D eigenvalue weighted by Crippen LogP contribution is 2.33. The molecule has 1 unspecified atom stereocenters. The van der Waals surface area contributed by atoms with Crippen LogP contribution in [0.2, 0.25) is 0 Å². The molecule has 1 aromatic rings. The summed E-state index contributed by atoms with van der Waals surface area (Å²) in [6, 6.07) is 4.62. The standard InChI is InChI=1S/C12H14F3NO4S/c13-12(14,15)20-10-3-1-2-4-11(10)21(18,19)16-6-5-9(7-16)8-17/h1-4,9,17H,5-8H2. The number of benzene rings is 1. The summed E-state index contributed by atoms with van der Waals surface area (Å²) in [7, 11) is -4.09. The topological polar surface area (TPSA) is 66.8 Å². The predicted octanol–water partition coefficient (Wildman–Crippen LogP) is 1.59. The average molecular weight is 325 g/mol. The highest BCUT2D eigenvalue weighted by molar-refractivity contribution is 7.89. The van der Waals surface area contributed by atoms with E-state index in [-0.39, 0.29) is 25.6 Å². The number of aliphatic hydroxyl groups excluding tert-OH is 1. The van der Waals surface area contributed by atoms with E-state index in [2.05, 4.69) is 4.74 Å². The lowest BCUT2D eigenvalue weighted by Gasteiger charge is -2.19. The third-order valence-electron chi connectivity index (χ3n) is 3.20. The number of nitrogens with zero attached hydrogens (tertiary/aromatic N) is 1. The van der Waals surface area contributed by atoms with Crippen molar-refractivity contribution in [3.05, 3.63) is 24.3 Å². The molecule has 1 saturated heterocycles. The molecule has 1 aliphatic heterocycles. The van der Waals surface area contributed by atoms with Crippen LogP contribution in [0.4, 0.5) is 13.2 Å². The Hall–Kier alpha value is -1.32. The van der Waals surface area contributed by atoms with Gasteiger partial charge >= 0.3 is 6.36 Å². The van der Waals surface area contributed by atoms with Crippen molar-refractivity contribution in [2.75, 3.05) is 19.7 Å². The SMILES string of the molecule is O=S(=O)(c1ccccc1OC(F)(F)F)N1CCC(CO)C1. The van der Waals surface area contributed by atoms with Gasteiger partial charge < -0.3 is 9.84 Å². The maximum absolute atomic E-state index is 12.4. The first-order valence-corrected chi connectivity index (χ1v) is 7.64. The molecular weight excluding hydrogens is 311 g/mol. The maximum atomic E-state index is 12.4. The first-order valence-electron chi connectivity index (χ1n) is 6.20. The van der Waals surface area contributed by atoms with Crippen LogP contribution in [0.5, 0.6) is 5.75 Å². The van der Waals surface area contributed by atoms with E-state index >= 15 is 0 Å². The van der Waals surface area contributed by atoms with Crippen molar-refractivity contribution >= 4 is 10.0 Å². The molecule has 1 aliphatic rings. The summed E-state index contributed by atoms with van der Waals surface area (Å²) in [6.07, 6.45) is -4.50. The molecule has 1 N–H and O–H groups in total. The zero-order chi connectivity index (χ0) is 15.7. The van der Waals surface area contributed by atoms with Gasteiger partial charge in [-0.05, 0) is 24.5 Å². The molecule has 0 bridgehead atoms. The van der Waals surface area contributed by atoms with Gasteiger partial charge in [-0.2, -0.15) is 4.31 Å². The summed E-state index contributed by atoms with van der Waals surface area (Å²) in [5, 5.41) is 9.03. The number of sulfonamides is 1. The van der Waals surface area contributed by atoms with E-state index in [1.54, 1.807) is 0 Å².